The third-order valence-electron chi connectivity index (χ3n) is 3.05. The molecule has 4 nitrogen and oxygen atoms in total. The second-order valence-corrected chi connectivity index (χ2v) is 5.29. The maximum Gasteiger partial charge on any atom is 0.240 e. The fraction of sp³-hybridized carbons (Fsp3) is 0.533. The number of amides is 1. The number of rotatable bonds is 7. The van der Waals surface area contributed by atoms with Gasteiger partial charge in [0.2, 0.25) is 5.91 Å². The van der Waals surface area contributed by atoms with E-state index >= 15 is 0 Å². The van der Waals surface area contributed by atoms with Crippen LogP contribution in [0.2, 0.25) is 0 Å². The number of halogens is 1. The van der Waals surface area contributed by atoms with Crippen molar-refractivity contribution < 1.29 is 4.79 Å². The lowest BCUT2D eigenvalue weighted by Gasteiger charge is -2.25. The number of nitrogens with two attached hydrogens (primary N) is 1. The van der Waals surface area contributed by atoms with Crippen molar-refractivity contribution in [2.24, 2.45) is 5.73 Å². The lowest BCUT2D eigenvalue weighted by molar-refractivity contribution is -0.126. The smallest absolute Gasteiger partial charge is 0.240 e. The number of anilines is 1. The highest BCUT2D eigenvalue weighted by atomic mass is 35.5. The third-order valence-corrected chi connectivity index (χ3v) is 3.05. The van der Waals surface area contributed by atoms with Crippen molar-refractivity contribution in [3.8, 4) is 0 Å². The quantitative estimate of drug-likeness (QED) is 0.725. The van der Waals surface area contributed by atoms with Crippen molar-refractivity contribution in [3.05, 3.63) is 30.3 Å². The molecule has 0 saturated carbocycles. The molecule has 0 aliphatic carbocycles. The summed E-state index contributed by atoms with van der Waals surface area (Å²) in [5.41, 5.74) is 6.26. The zero-order valence-electron chi connectivity index (χ0n) is 12.5. The number of nitrogens with one attached hydrogen (secondary N) is 2. The normalized spacial score (nSPS) is 14.6. The molecule has 1 rings (SSSR count). The van der Waals surface area contributed by atoms with E-state index in [0.717, 1.165) is 12.1 Å². The number of hydrogen-bond acceptors (Lipinski definition) is 3. The summed E-state index contributed by atoms with van der Waals surface area (Å²) in [5, 5.41) is 6.23. The summed E-state index contributed by atoms with van der Waals surface area (Å²) in [5.74, 6) is -0.0864. The Hall–Kier alpha value is -1.26. The van der Waals surface area contributed by atoms with Gasteiger partial charge in [-0.3, -0.25) is 4.79 Å². The van der Waals surface area contributed by atoms with E-state index in [1.54, 1.807) is 6.92 Å². The molecule has 2 unspecified atom stereocenters. The minimum atomic E-state index is -0.782. The van der Waals surface area contributed by atoms with Crippen LogP contribution in [0.3, 0.4) is 0 Å². The van der Waals surface area contributed by atoms with E-state index in [1.165, 1.54) is 0 Å². The van der Waals surface area contributed by atoms with Gasteiger partial charge < -0.3 is 16.4 Å². The first-order chi connectivity index (χ1) is 8.95. The van der Waals surface area contributed by atoms with E-state index < -0.39 is 5.54 Å². The van der Waals surface area contributed by atoms with Gasteiger partial charge in [0.1, 0.15) is 0 Å². The molecule has 4 N–H and O–H groups in total. The molecular weight excluding hydrogens is 274 g/mol. The Balaban J connectivity index is 0.00000361. The lowest BCUT2D eigenvalue weighted by Crippen LogP contribution is -2.54. The summed E-state index contributed by atoms with van der Waals surface area (Å²) < 4.78 is 0. The van der Waals surface area contributed by atoms with Crippen LogP contribution in [-0.4, -0.2) is 24.0 Å². The Morgan fingerprint density at radius 3 is 2.50 bits per heavy atom. The van der Waals surface area contributed by atoms with E-state index in [0.29, 0.717) is 13.0 Å². The van der Waals surface area contributed by atoms with Gasteiger partial charge in [0.15, 0.2) is 0 Å². The third kappa shape index (κ3) is 6.26. The summed E-state index contributed by atoms with van der Waals surface area (Å²) in [6.45, 7) is 6.45. The predicted octanol–water partition coefficient (Wildman–Crippen LogP) is 2.54. The summed E-state index contributed by atoms with van der Waals surface area (Å²) >= 11 is 0. The number of carbonyl (C=O) groups excluding carboxylic acids is 1. The summed E-state index contributed by atoms with van der Waals surface area (Å²) in [6, 6.07) is 9.96. The molecule has 5 heteroatoms. The van der Waals surface area contributed by atoms with Crippen molar-refractivity contribution in [1.82, 2.24) is 5.32 Å². The van der Waals surface area contributed by atoms with Crippen molar-refractivity contribution in [2.75, 3.05) is 11.9 Å². The highest BCUT2D eigenvalue weighted by Gasteiger charge is 2.27. The van der Waals surface area contributed by atoms with Crippen molar-refractivity contribution in [3.63, 3.8) is 0 Å². The van der Waals surface area contributed by atoms with Crippen molar-refractivity contribution in [2.45, 2.75) is 45.2 Å². The van der Waals surface area contributed by atoms with Gasteiger partial charge in [0.25, 0.3) is 0 Å². The first-order valence-corrected chi connectivity index (χ1v) is 6.84. The van der Waals surface area contributed by atoms with Crippen LogP contribution >= 0.6 is 12.4 Å². The molecule has 0 aliphatic heterocycles. The molecule has 1 aromatic carbocycles. The van der Waals surface area contributed by atoms with Gasteiger partial charge in [-0.1, -0.05) is 31.5 Å². The van der Waals surface area contributed by atoms with E-state index in [-0.39, 0.29) is 24.4 Å². The SMILES string of the molecule is CCCC(C)(N)C(=O)NC(C)CNc1ccccc1.Cl. The molecule has 114 valence electrons. The highest BCUT2D eigenvalue weighted by molar-refractivity contribution is 5.86. The van der Waals surface area contributed by atoms with Gasteiger partial charge in [0, 0.05) is 18.3 Å². The molecule has 1 aromatic rings. The zero-order valence-corrected chi connectivity index (χ0v) is 13.3. The Morgan fingerprint density at radius 1 is 1.35 bits per heavy atom. The predicted molar refractivity (Wildman–Crippen MR) is 87.3 cm³/mol. The maximum atomic E-state index is 12.0. The van der Waals surface area contributed by atoms with Crippen LogP contribution in [0.1, 0.15) is 33.6 Å². The number of benzene rings is 1. The van der Waals surface area contributed by atoms with Crippen LogP contribution in [0.5, 0.6) is 0 Å². The monoisotopic (exact) mass is 299 g/mol. The fourth-order valence-electron chi connectivity index (χ4n) is 1.90. The molecule has 0 spiro atoms. The summed E-state index contributed by atoms with van der Waals surface area (Å²) in [4.78, 5) is 12.0. The minimum absolute atomic E-state index is 0. The van der Waals surface area contributed by atoms with E-state index in [4.69, 9.17) is 5.73 Å². The van der Waals surface area contributed by atoms with E-state index in [1.807, 2.05) is 44.2 Å². The second kappa shape index (κ2) is 8.82. The number of para-hydroxylation sites is 1. The molecule has 0 heterocycles. The zero-order chi connectivity index (χ0) is 14.3. The lowest BCUT2D eigenvalue weighted by atomic mass is 9.96. The minimum Gasteiger partial charge on any atom is -0.383 e. The number of carbonyl (C=O) groups is 1. The van der Waals surface area contributed by atoms with Gasteiger partial charge in [0.05, 0.1) is 5.54 Å². The molecule has 0 aromatic heterocycles. The van der Waals surface area contributed by atoms with E-state index in [2.05, 4.69) is 10.6 Å². The van der Waals surface area contributed by atoms with Crippen LogP contribution in [0.4, 0.5) is 5.69 Å². The molecule has 2 atom stereocenters. The van der Waals surface area contributed by atoms with Crippen molar-refractivity contribution >= 4 is 24.0 Å². The average Bonchev–Trinajstić information content (AvgIpc) is 2.37. The van der Waals surface area contributed by atoms with Crippen LogP contribution in [-0.2, 0) is 4.79 Å². The number of hydrogen-bond donors (Lipinski definition) is 3. The molecule has 1 amide bonds. The summed E-state index contributed by atoms with van der Waals surface area (Å²) in [6.07, 6.45) is 1.59. The topological polar surface area (TPSA) is 67.2 Å². The van der Waals surface area contributed by atoms with Crippen LogP contribution in [0.25, 0.3) is 0 Å². The van der Waals surface area contributed by atoms with E-state index in [9.17, 15) is 4.79 Å². The maximum absolute atomic E-state index is 12.0. The first-order valence-electron chi connectivity index (χ1n) is 6.84. The van der Waals surface area contributed by atoms with Crippen LogP contribution in [0.15, 0.2) is 30.3 Å². The fourth-order valence-corrected chi connectivity index (χ4v) is 1.90. The van der Waals surface area contributed by atoms with Gasteiger partial charge in [-0.2, -0.15) is 0 Å². The Morgan fingerprint density at radius 2 is 1.95 bits per heavy atom. The van der Waals surface area contributed by atoms with Gasteiger partial charge in [-0.15, -0.1) is 12.4 Å². The van der Waals surface area contributed by atoms with Crippen LogP contribution < -0.4 is 16.4 Å². The molecule has 0 bridgehead atoms. The standard InChI is InChI=1S/C15H25N3O.ClH/c1-4-10-15(3,16)14(19)18-12(2)11-17-13-8-6-5-7-9-13;/h5-9,12,17H,4,10-11,16H2,1-3H3,(H,18,19);1H. The average molecular weight is 300 g/mol. The Kier molecular flexibility index (Phi) is 8.26. The first kappa shape index (κ1) is 18.7. The van der Waals surface area contributed by atoms with Gasteiger partial charge >= 0.3 is 0 Å². The summed E-state index contributed by atoms with van der Waals surface area (Å²) in [7, 11) is 0. The Bertz CT molecular complexity index is 395. The van der Waals surface area contributed by atoms with Crippen molar-refractivity contribution in [1.29, 1.82) is 0 Å². The van der Waals surface area contributed by atoms with Gasteiger partial charge in [-0.05, 0) is 32.4 Å². The highest BCUT2D eigenvalue weighted by Crippen LogP contribution is 2.09. The molecule has 0 aliphatic rings. The Labute approximate surface area is 127 Å². The largest absolute Gasteiger partial charge is 0.383 e. The molecule has 0 radical (unpaired) electrons. The molecule has 0 saturated heterocycles. The second-order valence-electron chi connectivity index (χ2n) is 5.29. The van der Waals surface area contributed by atoms with Gasteiger partial charge in [-0.25, -0.2) is 0 Å². The molecule has 20 heavy (non-hydrogen) atoms. The van der Waals surface area contributed by atoms with Crippen LogP contribution in [0, 0.1) is 0 Å². The molecular formula is C15H26ClN3O. The molecule has 0 fully saturated rings.